The summed E-state index contributed by atoms with van der Waals surface area (Å²) in [5, 5.41) is 33.9. The second-order valence-electron chi connectivity index (χ2n) is 15.3. The molecule has 3 N–H and O–H groups in total. The molecule has 0 radical (unpaired) electrons. The van der Waals surface area contributed by atoms with Crippen molar-refractivity contribution in [1.82, 2.24) is 0 Å². The van der Waals surface area contributed by atoms with Gasteiger partial charge in [-0.15, -0.1) is 0 Å². The van der Waals surface area contributed by atoms with E-state index in [0.29, 0.717) is 25.7 Å². The summed E-state index contributed by atoms with van der Waals surface area (Å²) in [7, 11) is 0. The number of carbonyl (C=O) groups is 2. The summed E-state index contributed by atoms with van der Waals surface area (Å²) in [6, 6.07) is 0. The molecule has 10 atom stereocenters. The molecule has 1 aliphatic heterocycles. The Hall–Kier alpha value is -1.32. The molecule has 0 aromatic rings. The molecule has 0 unspecified atom stereocenters. The first-order chi connectivity index (χ1) is 18.3. The van der Waals surface area contributed by atoms with E-state index in [-0.39, 0.29) is 36.1 Å². The number of hydrogen-bond acceptors (Lipinski definition) is 8. The van der Waals surface area contributed by atoms with Crippen LogP contribution in [-0.2, 0) is 23.8 Å². The molecule has 0 aromatic carbocycles. The van der Waals surface area contributed by atoms with Gasteiger partial charge in [-0.3, -0.25) is 9.59 Å². The highest BCUT2D eigenvalue weighted by molar-refractivity contribution is 5.95. The third-order valence-electron chi connectivity index (χ3n) is 11.7. The Morgan fingerprint density at radius 2 is 1.80 bits per heavy atom. The van der Waals surface area contributed by atoms with Crippen LogP contribution in [0.3, 0.4) is 0 Å². The molecular formula is C32H50O8. The Balaban J connectivity index is 1.49. The molecule has 5 rings (SSSR count). The normalized spacial score (nSPS) is 48.2. The maximum absolute atomic E-state index is 13.6. The van der Waals surface area contributed by atoms with E-state index in [0.717, 1.165) is 24.8 Å². The first-order valence-electron chi connectivity index (χ1n) is 15.2. The van der Waals surface area contributed by atoms with Crippen molar-refractivity contribution < 1.29 is 39.1 Å². The summed E-state index contributed by atoms with van der Waals surface area (Å²) in [6.07, 6.45) is 4.57. The van der Waals surface area contributed by atoms with Gasteiger partial charge in [-0.1, -0.05) is 13.8 Å². The molecule has 226 valence electrons. The van der Waals surface area contributed by atoms with Crippen LogP contribution in [0.5, 0.6) is 0 Å². The molecule has 8 heteroatoms. The minimum absolute atomic E-state index is 0.0250. The molecule has 5 aliphatic rings. The lowest BCUT2D eigenvalue weighted by Crippen LogP contribution is -2.62. The van der Waals surface area contributed by atoms with Gasteiger partial charge < -0.3 is 29.5 Å². The van der Waals surface area contributed by atoms with Crippen molar-refractivity contribution in [2.24, 2.45) is 28.6 Å². The Labute approximate surface area is 238 Å². The lowest BCUT2D eigenvalue weighted by atomic mass is 9.45. The zero-order chi connectivity index (χ0) is 29.7. The number of ketones is 1. The molecule has 4 aliphatic carbocycles. The van der Waals surface area contributed by atoms with Crippen molar-refractivity contribution in [2.45, 2.75) is 148 Å². The summed E-state index contributed by atoms with van der Waals surface area (Å²) in [5.74, 6) is -1.72. The fourth-order valence-electron chi connectivity index (χ4n) is 9.80. The van der Waals surface area contributed by atoms with Gasteiger partial charge >= 0.3 is 5.97 Å². The van der Waals surface area contributed by atoms with Gasteiger partial charge in [-0.05, 0) is 115 Å². The van der Waals surface area contributed by atoms with Gasteiger partial charge in [0.15, 0.2) is 11.6 Å². The zero-order valence-corrected chi connectivity index (χ0v) is 25.6. The van der Waals surface area contributed by atoms with Crippen molar-refractivity contribution in [3.63, 3.8) is 0 Å². The summed E-state index contributed by atoms with van der Waals surface area (Å²) >= 11 is 0. The van der Waals surface area contributed by atoms with Crippen LogP contribution in [0.25, 0.3) is 0 Å². The zero-order valence-electron chi connectivity index (χ0n) is 25.6. The number of esters is 1. The third-order valence-corrected chi connectivity index (χ3v) is 11.7. The van der Waals surface area contributed by atoms with Crippen molar-refractivity contribution in [3.05, 3.63) is 11.6 Å². The first kappa shape index (κ1) is 30.1. The van der Waals surface area contributed by atoms with Crippen molar-refractivity contribution >= 4 is 11.8 Å². The fourth-order valence-corrected chi connectivity index (χ4v) is 9.80. The number of rotatable bonds is 5. The molecule has 8 nitrogen and oxygen atoms in total. The lowest BCUT2D eigenvalue weighted by molar-refractivity contribution is -0.192. The van der Waals surface area contributed by atoms with E-state index in [1.807, 2.05) is 13.8 Å². The Morgan fingerprint density at radius 1 is 1.12 bits per heavy atom. The van der Waals surface area contributed by atoms with Gasteiger partial charge in [0.2, 0.25) is 0 Å². The number of aliphatic hydroxyl groups excluding tert-OH is 1. The topological polar surface area (TPSA) is 123 Å². The number of fused-ring (bicyclic) bond motifs is 5. The van der Waals surface area contributed by atoms with Gasteiger partial charge in [0.25, 0.3) is 0 Å². The summed E-state index contributed by atoms with van der Waals surface area (Å²) < 4.78 is 18.7. The standard InChI is InChI=1S/C32H50O8/c1-18(33)38-24-17-29(6)19-9-13-30(7)25(31(8)26(11-12-27(2,3)36)39-28(4,5)40-31)10-14-32(30,37)20(19)15-22(34)21(29)16-23(24)35/h15,19,21,23-26,35-37H,9-14,16-17H2,1-8H3/t19-,21-,23+,24-,25-,26+,29+,30+,31+,32+/m0/s1. The second kappa shape index (κ2) is 9.34. The Bertz CT molecular complexity index is 1090. The molecule has 0 spiro atoms. The largest absolute Gasteiger partial charge is 0.460 e. The quantitative estimate of drug-likeness (QED) is 0.426. The lowest BCUT2D eigenvalue weighted by Gasteiger charge is -2.61. The highest BCUT2D eigenvalue weighted by Gasteiger charge is 2.71. The van der Waals surface area contributed by atoms with Gasteiger partial charge in [0, 0.05) is 18.3 Å². The van der Waals surface area contributed by atoms with Crippen LogP contribution in [0.1, 0.15) is 107 Å². The fraction of sp³-hybridized carbons (Fsp3) is 0.875. The number of allylic oxidation sites excluding steroid dienone is 1. The van der Waals surface area contributed by atoms with Crippen LogP contribution >= 0.6 is 0 Å². The molecule has 0 bridgehead atoms. The molecule has 4 fully saturated rings. The summed E-state index contributed by atoms with van der Waals surface area (Å²) in [5.41, 5.74) is -2.96. The number of hydrogen-bond donors (Lipinski definition) is 3. The first-order valence-corrected chi connectivity index (χ1v) is 15.2. The maximum Gasteiger partial charge on any atom is 0.302 e. The van der Waals surface area contributed by atoms with Crippen LogP contribution < -0.4 is 0 Å². The predicted octanol–water partition coefficient (Wildman–Crippen LogP) is 4.22. The molecule has 0 amide bonds. The minimum Gasteiger partial charge on any atom is -0.460 e. The van der Waals surface area contributed by atoms with Crippen molar-refractivity contribution in [1.29, 1.82) is 0 Å². The van der Waals surface area contributed by atoms with E-state index in [4.69, 9.17) is 14.2 Å². The molecule has 1 saturated heterocycles. The van der Waals surface area contributed by atoms with E-state index in [2.05, 4.69) is 20.8 Å². The third kappa shape index (κ3) is 4.52. The summed E-state index contributed by atoms with van der Waals surface area (Å²) in [6.45, 7) is 15.1. The minimum atomic E-state index is -1.18. The Kier molecular flexibility index (Phi) is 7.04. The second-order valence-corrected chi connectivity index (χ2v) is 15.3. The smallest absolute Gasteiger partial charge is 0.302 e. The van der Waals surface area contributed by atoms with Crippen LogP contribution in [0.4, 0.5) is 0 Å². The van der Waals surface area contributed by atoms with E-state index in [1.54, 1.807) is 19.9 Å². The van der Waals surface area contributed by atoms with E-state index in [1.165, 1.54) is 6.92 Å². The van der Waals surface area contributed by atoms with Gasteiger partial charge in [0.1, 0.15) is 6.10 Å². The van der Waals surface area contributed by atoms with Crippen LogP contribution in [-0.4, -0.2) is 68.0 Å². The molecule has 0 aromatic heterocycles. The van der Waals surface area contributed by atoms with Gasteiger partial charge in [-0.25, -0.2) is 0 Å². The number of ether oxygens (including phenoxy) is 3. The summed E-state index contributed by atoms with van der Waals surface area (Å²) in [4.78, 5) is 25.4. The SMILES string of the molecule is CC(=O)O[C@H]1C[C@@]2(C)[C@@H](C[C@H]1O)C(=O)C=C1[C@@H]2CC[C@]2(C)[C@@H]([C@@]3(C)OC(C)(C)O[C@@H]3CCC(C)(C)O)CC[C@@]12O. The number of carbonyl (C=O) groups excluding carboxylic acids is 2. The highest BCUT2D eigenvalue weighted by atomic mass is 16.8. The van der Waals surface area contributed by atoms with Gasteiger partial charge in [-0.2, -0.15) is 0 Å². The maximum atomic E-state index is 13.6. The van der Waals surface area contributed by atoms with Crippen molar-refractivity contribution in [3.8, 4) is 0 Å². The molecule has 3 saturated carbocycles. The van der Waals surface area contributed by atoms with E-state index < -0.39 is 51.6 Å². The molecule has 40 heavy (non-hydrogen) atoms. The Morgan fingerprint density at radius 3 is 2.42 bits per heavy atom. The monoisotopic (exact) mass is 562 g/mol. The average molecular weight is 563 g/mol. The van der Waals surface area contributed by atoms with Crippen LogP contribution in [0.15, 0.2) is 11.6 Å². The predicted molar refractivity (Wildman–Crippen MR) is 148 cm³/mol. The number of aliphatic hydroxyl groups is 3. The van der Waals surface area contributed by atoms with Gasteiger partial charge in [0.05, 0.1) is 29.0 Å². The van der Waals surface area contributed by atoms with E-state index >= 15 is 0 Å². The van der Waals surface area contributed by atoms with Crippen LogP contribution in [0, 0.1) is 28.6 Å². The van der Waals surface area contributed by atoms with Crippen molar-refractivity contribution in [2.75, 3.05) is 0 Å². The average Bonchev–Trinajstić information content (AvgIpc) is 3.22. The molecular weight excluding hydrogens is 512 g/mol. The van der Waals surface area contributed by atoms with Crippen LogP contribution in [0.2, 0.25) is 0 Å². The highest BCUT2D eigenvalue weighted by Crippen LogP contribution is 2.70. The van der Waals surface area contributed by atoms with E-state index in [9.17, 15) is 24.9 Å². The molecule has 1 heterocycles.